The van der Waals surface area contributed by atoms with E-state index < -0.39 is 102 Å². The quantitative estimate of drug-likeness (QED) is 0.0150. The van der Waals surface area contributed by atoms with Crippen molar-refractivity contribution in [2.75, 3.05) is 13.1 Å². The zero-order chi connectivity index (χ0) is 58.8. The number of carbonyl (C=O) groups excluding carboxylic acids is 8. The number of rotatable bonds is 34. The van der Waals surface area contributed by atoms with Gasteiger partial charge in [0.2, 0.25) is 47.3 Å². The Labute approximate surface area is 468 Å². The van der Waals surface area contributed by atoms with Gasteiger partial charge >= 0.3 is 5.97 Å². The van der Waals surface area contributed by atoms with Crippen molar-refractivity contribution < 1.29 is 48.3 Å². The highest BCUT2D eigenvalue weighted by atomic mass is 16.4. The number of hydrogen-bond acceptors (Lipinski definition) is 12. The average molecular weight is 1120 g/mol. The van der Waals surface area contributed by atoms with Gasteiger partial charge in [0, 0.05) is 61.7 Å². The number of guanidine groups is 1. The van der Waals surface area contributed by atoms with Crippen molar-refractivity contribution in [2.24, 2.45) is 27.9 Å². The van der Waals surface area contributed by atoms with E-state index in [0.717, 1.165) is 16.5 Å². The molecule has 2 aromatic heterocycles. The van der Waals surface area contributed by atoms with E-state index >= 15 is 4.79 Å². The first-order chi connectivity index (χ1) is 38.9. The molecule has 81 heavy (non-hydrogen) atoms. The number of aliphatic carboxylic acids is 1. The highest BCUT2D eigenvalue weighted by Gasteiger charge is 2.35. The molecule has 0 saturated heterocycles. The summed E-state index contributed by atoms with van der Waals surface area (Å²) in [6.45, 7) is 3.46. The van der Waals surface area contributed by atoms with Crippen LogP contribution in [0.25, 0.3) is 22.0 Å². The van der Waals surface area contributed by atoms with Crippen LogP contribution in [0.1, 0.15) is 88.5 Å². The van der Waals surface area contributed by atoms with Crippen molar-refractivity contribution in [1.29, 1.82) is 0 Å². The van der Waals surface area contributed by atoms with Gasteiger partial charge in [-0.15, -0.1) is 0 Å². The molecule has 434 valence electrons. The number of carboxylic acids is 1. The van der Waals surface area contributed by atoms with Crippen molar-refractivity contribution in [2.45, 2.75) is 133 Å². The smallest absolute Gasteiger partial charge is 0.305 e. The third kappa shape index (κ3) is 20.2. The maximum Gasteiger partial charge on any atom is 0.305 e. The lowest BCUT2D eigenvalue weighted by molar-refractivity contribution is -0.141. The van der Waals surface area contributed by atoms with Crippen LogP contribution in [0.5, 0.6) is 0 Å². The molecule has 25 nitrogen and oxygen atoms in total. The fourth-order valence-electron chi connectivity index (χ4n) is 9.07. The molecule has 3 aromatic carbocycles. The number of imidazole rings is 1. The second-order valence-electron chi connectivity index (χ2n) is 19.6. The fourth-order valence-corrected chi connectivity index (χ4v) is 9.07. The molecule has 2 heterocycles. The first-order valence-corrected chi connectivity index (χ1v) is 26.9. The summed E-state index contributed by atoms with van der Waals surface area (Å²) in [4.78, 5) is 138. The van der Waals surface area contributed by atoms with Crippen LogP contribution >= 0.6 is 0 Å². The summed E-state index contributed by atoms with van der Waals surface area (Å²) in [6, 6.07) is 13.9. The molecular weight excluding hydrogens is 1040 g/mol. The van der Waals surface area contributed by atoms with E-state index in [2.05, 4.69) is 57.2 Å². The minimum Gasteiger partial charge on any atom is -0.481 e. The van der Waals surface area contributed by atoms with E-state index in [1.807, 2.05) is 67.6 Å². The van der Waals surface area contributed by atoms with Gasteiger partial charge in [-0.3, -0.25) is 48.1 Å². The number of carbonyl (C=O) groups is 9. The maximum atomic E-state index is 15.1. The Balaban J connectivity index is 1.53. The lowest BCUT2D eigenvalue weighted by Gasteiger charge is -2.28. The number of nitrogens with two attached hydrogens (primary N) is 4. The first-order valence-electron chi connectivity index (χ1n) is 26.9. The first kappa shape index (κ1) is 62.7. The molecule has 5 aromatic rings. The number of primary amides is 1. The molecular formula is C56H75N15O10. The van der Waals surface area contributed by atoms with E-state index in [1.54, 1.807) is 24.4 Å². The molecule has 1 unspecified atom stereocenters. The van der Waals surface area contributed by atoms with Crippen LogP contribution < -0.4 is 60.2 Å². The molecule has 0 aliphatic heterocycles. The molecule has 0 radical (unpaired) electrons. The summed E-state index contributed by atoms with van der Waals surface area (Å²) in [5, 5.41) is 29.2. The Morgan fingerprint density at radius 1 is 0.580 bits per heavy atom. The third-order valence-electron chi connectivity index (χ3n) is 13.2. The van der Waals surface area contributed by atoms with Crippen LogP contribution in [0.2, 0.25) is 0 Å². The summed E-state index contributed by atoms with van der Waals surface area (Å²) >= 11 is 0. The highest BCUT2D eigenvalue weighted by molar-refractivity contribution is 5.99. The molecule has 0 aliphatic rings. The van der Waals surface area contributed by atoms with Crippen LogP contribution in [-0.2, 0) is 62.4 Å². The molecule has 18 N–H and O–H groups in total. The molecule has 8 amide bonds. The average Bonchev–Trinajstić information content (AvgIpc) is 4.14. The zero-order valence-corrected chi connectivity index (χ0v) is 45.5. The number of hydrogen-bond donors (Lipinski definition) is 14. The highest BCUT2D eigenvalue weighted by Crippen LogP contribution is 2.25. The minimum atomic E-state index is -1.74. The monoisotopic (exact) mass is 1120 g/mol. The Bertz CT molecular complexity index is 2950. The number of fused-ring (bicyclic) bond motifs is 1. The third-order valence-corrected chi connectivity index (χ3v) is 13.2. The number of benzene rings is 3. The second-order valence-corrected chi connectivity index (χ2v) is 19.6. The minimum absolute atomic E-state index is 0.0277. The number of nitrogens with one attached hydrogen (secondary N) is 9. The number of aromatic nitrogens is 3. The SMILES string of the molecule is CCCCC(NC(C)=O)C(=O)N[C@@H](CC(=O)O)C(=O)N[C@@H](Cc1cnc[nH]1)C(=O)N[C@H](Cc1ccccc1-c1ccccc1)C(=O)N[C@@H](CCCN=C(N)N)C(=O)N[C@@H](Cc1c[nH]c2ccccc12)C(=O)N[C@@H](CCCCN)C(N)=O. The number of aromatic amines is 2. The van der Waals surface area contributed by atoms with Crippen LogP contribution in [0, 0.1) is 0 Å². The Morgan fingerprint density at radius 2 is 1.11 bits per heavy atom. The van der Waals surface area contributed by atoms with Gasteiger partial charge in [0.25, 0.3) is 0 Å². The molecule has 0 bridgehead atoms. The van der Waals surface area contributed by atoms with Gasteiger partial charge in [0.15, 0.2) is 5.96 Å². The lowest BCUT2D eigenvalue weighted by atomic mass is 9.94. The molecule has 0 spiro atoms. The molecule has 5 rings (SSSR count). The maximum absolute atomic E-state index is 15.1. The number of nitrogens with zero attached hydrogens (tertiary/aromatic N) is 2. The van der Waals surface area contributed by atoms with Gasteiger partial charge in [0.05, 0.1) is 12.7 Å². The molecule has 0 aliphatic carbocycles. The van der Waals surface area contributed by atoms with Crippen molar-refractivity contribution >= 4 is 70.1 Å². The zero-order valence-electron chi connectivity index (χ0n) is 45.5. The van der Waals surface area contributed by atoms with Crippen LogP contribution in [-0.4, -0.2) is 135 Å². The Kier molecular flexibility index (Phi) is 24.8. The van der Waals surface area contributed by atoms with Crippen molar-refractivity contribution in [3.8, 4) is 11.1 Å². The van der Waals surface area contributed by atoms with Gasteiger partial charge < -0.3 is 75.2 Å². The number of unbranched alkanes of at least 4 members (excludes halogenated alkanes) is 2. The Hall–Kier alpha value is -9.13. The largest absolute Gasteiger partial charge is 0.481 e. The number of carboxylic acid groups (broad SMARTS) is 1. The molecule has 25 heteroatoms. The number of H-pyrrole nitrogens is 2. The van der Waals surface area contributed by atoms with Crippen LogP contribution in [0.4, 0.5) is 0 Å². The number of aliphatic imine (C=N–C) groups is 1. The fraction of sp³-hybridized carbons (Fsp3) is 0.411. The molecule has 7 atom stereocenters. The van der Waals surface area contributed by atoms with Crippen molar-refractivity contribution in [3.05, 3.63) is 114 Å². The van der Waals surface area contributed by atoms with E-state index in [1.165, 1.54) is 19.4 Å². The standard InChI is InChI=1S/C56H75N15O10/c1-3-4-20-42(65-33(2)72)50(76)71-47(29-48(73)74)55(81)70-46(28-37-31-61-32-64-37)54(80)69-44(26-35-17-8-9-18-38(35)34-15-6-5-7-16-34)53(79)67-43(23-14-25-62-56(59)60)51(77)68-45(27-36-30-63-40-21-11-10-19-39(36)40)52(78)66-41(49(58)75)22-12-13-24-57/h5-11,15-19,21,30-32,41-47,63H,3-4,12-14,20,22-29,57H2,1-2H3,(H2,58,75)(H,61,64)(H,65,72)(H,66,78)(H,67,79)(H,68,77)(H,69,80)(H,70,81)(H,71,76)(H,73,74)(H4,59,60,62)/t41-,42?,43-,44+,45-,46-,47-/m0/s1. The van der Waals surface area contributed by atoms with E-state index in [4.69, 9.17) is 22.9 Å². The van der Waals surface area contributed by atoms with Crippen LogP contribution in [0.15, 0.2) is 103 Å². The predicted molar refractivity (Wildman–Crippen MR) is 303 cm³/mol. The van der Waals surface area contributed by atoms with E-state index in [9.17, 15) is 43.5 Å². The number of para-hydroxylation sites is 1. The normalized spacial score (nSPS) is 13.6. The number of amides is 8. The summed E-state index contributed by atoms with van der Waals surface area (Å²) < 4.78 is 0. The van der Waals surface area contributed by atoms with Gasteiger partial charge in [0.1, 0.15) is 42.3 Å². The van der Waals surface area contributed by atoms with Gasteiger partial charge in [-0.05, 0) is 73.4 Å². The lowest BCUT2D eigenvalue weighted by Crippen LogP contribution is -2.61. The summed E-state index contributed by atoms with van der Waals surface area (Å²) in [7, 11) is 0. The van der Waals surface area contributed by atoms with E-state index in [-0.39, 0.29) is 57.5 Å². The Morgan fingerprint density at radius 3 is 1.72 bits per heavy atom. The molecule has 0 saturated carbocycles. The van der Waals surface area contributed by atoms with Crippen molar-refractivity contribution in [1.82, 2.24) is 52.2 Å². The molecule has 0 fully saturated rings. The van der Waals surface area contributed by atoms with Crippen molar-refractivity contribution in [3.63, 3.8) is 0 Å². The van der Waals surface area contributed by atoms with Gasteiger partial charge in [-0.1, -0.05) is 92.6 Å². The van der Waals surface area contributed by atoms with Gasteiger partial charge in [-0.25, -0.2) is 4.98 Å². The van der Waals surface area contributed by atoms with Crippen LogP contribution in [0.3, 0.4) is 0 Å². The predicted octanol–water partition coefficient (Wildman–Crippen LogP) is 0.332. The van der Waals surface area contributed by atoms with Gasteiger partial charge in [-0.2, -0.15) is 0 Å². The summed E-state index contributed by atoms with van der Waals surface area (Å²) in [5.41, 5.74) is 26.5. The topological polar surface area (TPSA) is 419 Å². The summed E-state index contributed by atoms with van der Waals surface area (Å²) in [5.74, 6) is -8.27. The second kappa shape index (κ2) is 32.1. The van der Waals surface area contributed by atoms with E-state index in [0.29, 0.717) is 54.6 Å². The summed E-state index contributed by atoms with van der Waals surface area (Å²) in [6.07, 6.45) is 5.60.